The minimum atomic E-state index is -0.526. The summed E-state index contributed by atoms with van der Waals surface area (Å²) in [5.74, 6) is 0.406. The van der Waals surface area contributed by atoms with Gasteiger partial charge in [-0.3, -0.25) is 0 Å². The Morgan fingerprint density at radius 3 is 2.58 bits per heavy atom. The molecule has 0 atom stereocenters. The van der Waals surface area contributed by atoms with Crippen molar-refractivity contribution in [3.05, 3.63) is 57.8 Å². The van der Waals surface area contributed by atoms with Gasteiger partial charge in [0.1, 0.15) is 17.3 Å². The molecule has 2 aromatic rings. The Balaban J connectivity index is 2.30. The van der Waals surface area contributed by atoms with Crippen molar-refractivity contribution in [2.75, 3.05) is 6.54 Å². The van der Waals surface area contributed by atoms with E-state index in [2.05, 4.69) is 0 Å². The molecular formula is C14H12Cl2FNO. The number of hydrogen-bond acceptors (Lipinski definition) is 2. The second-order valence-electron chi connectivity index (χ2n) is 3.97. The van der Waals surface area contributed by atoms with Gasteiger partial charge in [0.2, 0.25) is 0 Å². The minimum Gasteiger partial charge on any atom is -0.457 e. The molecule has 0 bridgehead atoms. The molecule has 0 aromatic heterocycles. The van der Waals surface area contributed by atoms with Gasteiger partial charge in [-0.1, -0.05) is 29.3 Å². The average molecular weight is 300 g/mol. The summed E-state index contributed by atoms with van der Waals surface area (Å²) in [6, 6.07) is 9.56. The van der Waals surface area contributed by atoms with Gasteiger partial charge in [0.05, 0.1) is 5.02 Å². The Kier molecular flexibility index (Phi) is 4.64. The van der Waals surface area contributed by atoms with Crippen LogP contribution in [0.5, 0.6) is 11.5 Å². The molecule has 0 radical (unpaired) electrons. The van der Waals surface area contributed by atoms with Crippen LogP contribution in [0.3, 0.4) is 0 Å². The van der Waals surface area contributed by atoms with E-state index in [0.717, 1.165) is 5.56 Å². The highest BCUT2D eigenvalue weighted by molar-refractivity contribution is 6.31. The predicted molar refractivity (Wildman–Crippen MR) is 75.7 cm³/mol. The van der Waals surface area contributed by atoms with Gasteiger partial charge >= 0.3 is 0 Å². The minimum absolute atomic E-state index is 0.0561. The molecular weight excluding hydrogens is 288 g/mol. The predicted octanol–water partition coefficient (Wildman–Crippen LogP) is 4.43. The summed E-state index contributed by atoms with van der Waals surface area (Å²) < 4.78 is 19.0. The van der Waals surface area contributed by atoms with Gasteiger partial charge in [-0.05, 0) is 42.8 Å². The van der Waals surface area contributed by atoms with Gasteiger partial charge in [-0.15, -0.1) is 0 Å². The fraction of sp³-hybridized carbons (Fsp3) is 0.143. The largest absolute Gasteiger partial charge is 0.457 e. The zero-order valence-electron chi connectivity index (χ0n) is 10.00. The molecule has 0 heterocycles. The van der Waals surface area contributed by atoms with Crippen molar-refractivity contribution in [2.45, 2.75) is 6.42 Å². The second kappa shape index (κ2) is 6.24. The number of rotatable bonds is 4. The highest BCUT2D eigenvalue weighted by Gasteiger charge is 2.08. The molecule has 2 aromatic carbocycles. The van der Waals surface area contributed by atoms with Crippen molar-refractivity contribution in [2.24, 2.45) is 5.73 Å². The van der Waals surface area contributed by atoms with Gasteiger partial charge in [-0.25, -0.2) is 4.39 Å². The van der Waals surface area contributed by atoms with Crippen LogP contribution >= 0.6 is 23.2 Å². The van der Waals surface area contributed by atoms with Crippen LogP contribution in [-0.4, -0.2) is 6.54 Å². The normalized spacial score (nSPS) is 10.5. The van der Waals surface area contributed by atoms with Crippen molar-refractivity contribution in [3.63, 3.8) is 0 Å². The zero-order chi connectivity index (χ0) is 13.8. The SMILES string of the molecule is NCCc1ccc(Cl)cc1Oc1ccc(Cl)c(F)c1. The van der Waals surface area contributed by atoms with Gasteiger partial charge in [0.25, 0.3) is 0 Å². The quantitative estimate of drug-likeness (QED) is 0.906. The molecule has 0 aliphatic carbocycles. The fourth-order valence-electron chi connectivity index (χ4n) is 1.65. The van der Waals surface area contributed by atoms with Crippen molar-refractivity contribution >= 4 is 23.2 Å². The Morgan fingerprint density at radius 1 is 1.11 bits per heavy atom. The maximum absolute atomic E-state index is 13.4. The number of nitrogens with two attached hydrogens (primary N) is 1. The standard InChI is InChI=1S/C14H12Cl2FNO/c15-10-2-1-9(5-6-18)14(7-10)19-11-3-4-12(16)13(17)8-11/h1-4,7-8H,5-6,18H2. The number of ether oxygens (including phenoxy) is 1. The summed E-state index contributed by atoms with van der Waals surface area (Å²) in [6.45, 7) is 0.493. The second-order valence-corrected chi connectivity index (χ2v) is 4.81. The van der Waals surface area contributed by atoms with Gasteiger partial charge in [-0.2, -0.15) is 0 Å². The average Bonchev–Trinajstić information content (AvgIpc) is 2.37. The number of hydrogen-bond donors (Lipinski definition) is 1. The van der Waals surface area contributed by atoms with E-state index < -0.39 is 5.82 Å². The van der Waals surface area contributed by atoms with Crippen LogP contribution in [0.15, 0.2) is 36.4 Å². The first-order chi connectivity index (χ1) is 9.10. The molecule has 0 spiro atoms. The molecule has 2 nitrogen and oxygen atoms in total. The van der Waals surface area contributed by atoms with Gasteiger partial charge < -0.3 is 10.5 Å². The summed E-state index contributed by atoms with van der Waals surface area (Å²) in [6.07, 6.45) is 0.655. The smallest absolute Gasteiger partial charge is 0.145 e. The van der Waals surface area contributed by atoms with E-state index in [1.54, 1.807) is 18.2 Å². The molecule has 2 N–H and O–H groups in total. The van der Waals surface area contributed by atoms with E-state index >= 15 is 0 Å². The van der Waals surface area contributed by atoms with Gasteiger partial charge in [0, 0.05) is 11.1 Å². The molecule has 0 saturated carbocycles. The molecule has 0 unspecified atom stereocenters. The van der Waals surface area contributed by atoms with Crippen molar-refractivity contribution in [1.29, 1.82) is 0 Å². The molecule has 100 valence electrons. The van der Waals surface area contributed by atoms with E-state index in [0.29, 0.717) is 29.5 Å². The van der Waals surface area contributed by atoms with Crippen LogP contribution in [-0.2, 0) is 6.42 Å². The molecule has 19 heavy (non-hydrogen) atoms. The van der Waals surface area contributed by atoms with E-state index in [1.165, 1.54) is 12.1 Å². The van der Waals surface area contributed by atoms with Crippen molar-refractivity contribution < 1.29 is 9.13 Å². The first-order valence-electron chi connectivity index (χ1n) is 5.71. The van der Waals surface area contributed by atoms with Crippen LogP contribution in [0.4, 0.5) is 4.39 Å². The first-order valence-corrected chi connectivity index (χ1v) is 6.47. The monoisotopic (exact) mass is 299 g/mol. The Labute approximate surface area is 120 Å². The van der Waals surface area contributed by atoms with Gasteiger partial charge in [0.15, 0.2) is 0 Å². The van der Waals surface area contributed by atoms with Crippen LogP contribution in [0.1, 0.15) is 5.56 Å². The molecule has 2 rings (SSSR count). The number of benzene rings is 2. The summed E-state index contributed by atoms with van der Waals surface area (Å²) in [5, 5.41) is 0.603. The van der Waals surface area contributed by atoms with E-state index in [9.17, 15) is 4.39 Å². The summed E-state index contributed by atoms with van der Waals surface area (Å²) in [5.41, 5.74) is 6.46. The van der Waals surface area contributed by atoms with Crippen molar-refractivity contribution in [1.82, 2.24) is 0 Å². The molecule has 5 heteroatoms. The molecule has 0 aliphatic rings. The molecule has 0 fully saturated rings. The topological polar surface area (TPSA) is 35.2 Å². The fourth-order valence-corrected chi connectivity index (χ4v) is 1.93. The van der Waals surface area contributed by atoms with E-state index in [4.69, 9.17) is 33.7 Å². The summed E-state index contributed by atoms with van der Waals surface area (Å²) >= 11 is 11.6. The zero-order valence-corrected chi connectivity index (χ0v) is 11.5. The third-order valence-corrected chi connectivity index (χ3v) is 3.10. The maximum Gasteiger partial charge on any atom is 0.145 e. The number of halogens is 3. The third kappa shape index (κ3) is 3.60. The lowest BCUT2D eigenvalue weighted by Gasteiger charge is -2.11. The van der Waals surface area contributed by atoms with Crippen molar-refractivity contribution in [3.8, 4) is 11.5 Å². The lowest BCUT2D eigenvalue weighted by molar-refractivity contribution is 0.471. The van der Waals surface area contributed by atoms with Crippen LogP contribution in [0.2, 0.25) is 10.0 Å². The highest BCUT2D eigenvalue weighted by atomic mass is 35.5. The Bertz CT molecular complexity index is 590. The first kappa shape index (κ1) is 14.1. The maximum atomic E-state index is 13.4. The highest BCUT2D eigenvalue weighted by Crippen LogP contribution is 2.30. The third-order valence-electron chi connectivity index (χ3n) is 2.56. The van der Waals surface area contributed by atoms with Crippen LogP contribution in [0.25, 0.3) is 0 Å². The Morgan fingerprint density at radius 2 is 1.89 bits per heavy atom. The molecule has 0 aliphatic heterocycles. The molecule has 0 saturated heterocycles. The lowest BCUT2D eigenvalue weighted by Crippen LogP contribution is -2.04. The van der Waals surface area contributed by atoms with E-state index in [-0.39, 0.29) is 5.02 Å². The van der Waals surface area contributed by atoms with E-state index in [1.807, 2.05) is 6.07 Å². The van der Waals surface area contributed by atoms with Crippen LogP contribution in [0, 0.1) is 5.82 Å². The lowest BCUT2D eigenvalue weighted by atomic mass is 10.1. The summed E-state index contributed by atoms with van der Waals surface area (Å²) in [7, 11) is 0. The summed E-state index contributed by atoms with van der Waals surface area (Å²) in [4.78, 5) is 0. The molecule has 0 amide bonds. The van der Waals surface area contributed by atoms with Crippen LogP contribution < -0.4 is 10.5 Å². The Hall–Kier alpha value is -1.29.